The minimum Gasteiger partial charge on any atom is -0.318 e. The molecule has 0 unspecified atom stereocenters. The highest BCUT2D eigenvalue weighted by Crippen LogP contribution is 2.27. The van der Waals surface area contributed by atoms with E-state index in [1.54, 1.807) is 30.3 Å². The van der Waals surface area contributed by atoms with E-state index in [4.69, 9.17) is 11.6 Å². The van der Waals surface area contributed by atoms with Crippen LogP contribution in [0.3, 0.4) is 0 Å². The second kappa shape index (κ2) is 6.03. The van der Waals surface area contributed by atoms with Crippen molar-refractivity contribution in [1.29, 1.82) is 0 Å². The highest BCUT2D eigenvalue weighted by molar-refractivity contribution is 9.10. The Morgan fingerprint density at radius 2 is 1.95 bits per heavy atom. The first-order valence-electron chi connectivity index (χ1n) is 5.19. The molecule has 0 bridgehead atoms. The number of anilines is 1. The summed E-state index contributed by atoms with van der Waals surface area (Å²) in [5, 5.41) is 2.80. The lowest BCUT2D eigenvalue weighted by molar-refractivity contribution is 0.102. The molecular formula is C13H7Br2ClFNO. The molecule has 2 aromatic carbocycles. The molecule has 0 aliphatic rings. The standard InChI is InChI=1S/C13H7Br2ClFNO/c14-7-4-5-10(16)8(6-7)13(19)18-12-9(15)2-1-3-11(12)17/h1-6H,(H,18,19). The molecule has 0 radical (unpaired) electrons. The fraction of sp³-hybridized carbons (Fsp3) is 0. The Morgan fingerprint density at radius 1 is 1.21 bits per heavy atom. The molecule has 98 valence electrons. The maximum absolute atomic E-state index is 13.6. The first-order chi connectivity index (χ1) is 8.99. The third kappa shape index (κ3) is 3.35. The van der Waals surface area contributed by atoms with Crippen molar-refractivity contribution in [2.75, 3.05) is 5.32 Å². The van der Waals surface area contributed by atoms with Gasteiger partial charge in [-0.25, -0.2) is 4.39 Å². The average Bonchev–Trinajstić information content (AvgIpc) is 2.37. The highest BCUT2D eigenvalue weighted by atomic mass is 79.9. The predicted molar refractivity (Wildman–Crippen MR) is 81.2 cm³/mol. The van der Waals surface area contributed by atoms with E-state index < -0.39 is 11.7 Å². The SMILES string of the molecule is O=C(Nc1c(F)cccc1Br)c1cc(Br)ccc1Cl. The Labute approximate surface area is 131 Å². The summed E-state index contributed by atoms with van der Waals surface area (Å²) in [5.74, 6) is -0.994. The lowest BCUT2D eigenvalue weighted by Gasteiger charge is -2.09. The number of benzene rings is 2. The minimum atomic E-state index is -0.520. The number of hydrogen-bond acceptors (Lipinski definition) is 1. The lowest BCUT2D eigenvalue weighted by Crippen LogP contribution is -2.14. The van der Waals surface area contributed by atoms with Gasteiger partial charge in [0.2, 0.25) is 0 Å². The molecule has 0 atom stereocenters. The molecule has 0 heterocycles. The van der Waals surface area contributed by atoms with E-state index in [1.807, 2.05) is 0 Å². The molecule has 0 saturated heterocycles. The molecule has 0 spiro atoms. The lowest BCUT2D eigenvalue weighted by atomic mass is 10.2. The number of carbonyl (C=O) groups is 1. The van der Waals surface area contributed by atoms with E-state index in [0.29, 0.717) is 9.50 Å². The van der Waals surface area contributed by atoms with Crippen LogP contribution in [0.5, 0.6) is 0 Å². The highest BCUT2D eigenvalue weighted by Gasteiger charge is 2.15. The Hall–Kier alpha value is -0.910. The molecule has 2 nitrogen and oxygen atoms in total. The van der Waals surface area contributed by atoms with E-state index in [2.05, 4.69) is 37.2 Å². The number of para-hydroxylation sites is 1. The van der Waals surface area contributed by atoms with Gasteiger partial charge in [0.1, 0.15) is 5.82 Å². The topological polar surface area (TPSA) is 29.1 Å². The quantitative estimate of drug-likeness (QED) is 0.723. The van der Waals surface area contributed by atoms with Crippen molar-refractivity contribution in [3.05, 3.63) is 61.7 Å². The molecule has 0 aliphatic heterocycles. The number of rotatable bonds is 2. The maximum atomic E-state index is 13.6. The third-order valence-electron chi connectivity index (χ3n) is 2.37. The number of halogens is 4. The van der Waals surface area contributed by atoms with Gasteiger partial charge >= 0.3 is 0 Å². The maximum Gasteiger partial charge on any atom is 0.257 e. The summed E-state index contributed by atoms with van der Waals surface area (Å²) in [5.41, 5.74) is 0.356. The van der Waals surface area contributed by atoms with E-state index in [9.17, 15) is 9.18 Å². The molecule has 2 rings (SSSR count). The van der Waals surface area contributed by atoms with Crippen LogP contribution in [-0.4, -0.2) is 5.91 Å². The Balaban J connectivity index is 2.34. The number of hydrogen-bond donors (Lipinski definition) is 1. The van der Waals surface area contributed by atoms with Gasteiger partial charge in [-0.05, 0) is 46.3 Å². The van der Waals surface area contributed by atoms with Crippen molar-refractivity contribution in [2.45, 2.75) is 0 Å². The summed E-state index contributed by atoms with van der Waals surface area (Å²) < 4.78 is 14.8. The molecular weight excluding hydrogens is 400 g/mol. The van der Waals surface area contributed by atoms with Gasteiger partial charge in [0.25, 0.3) is 5.91 Å². The van der Waals surface area contributed by atoms with E-state index >= 15 is 0 Å². The summed E-state index contributed by atoms with van der Waals surface area (Å²) in [6.45, 7) is 0. The molecule has 0 aromatic heterocycles. The van der Waals surface area contributed by atoms with Gasteiger partial charge < -0.3 is 5.32 Å². The van der Waals surface area contributed by atoms with Crippen LogP contribution in [0, 0.1) is 5.82 Å². The van der Waals surface area contributed by atoms with Crippen LogP contribution >= 0.6 is 43.5 Å². The first-order valence-corrected chi connectivity index (χ1v) is 7.16. The van der Waals surface area contributed by atoms with Crippen molar-refractivity contribution in [2.24, 2.45) is 0 Å². The van der Waals surface area contributed by atoms with Crippen molar-refractivity contribution in [3.63, 3.8) is 0 Å². The number of carbonyl (C=O) groups excluding carboxylic acids is 1. The summed E-state index contributed by atoms with van der Waals surface area (Å²) >= 11 is 12.4. The van der Waals surface area contributed by atoms with E-state index in [-0.39, 0.29) is 11.3 Å². The van der Waals surface area contributed by atoms with Crippen molar-refractivity contribution < 1.29 is 9.18 Å². The zero-order valence-corrected chi connectivity index (χ0v) is 13.3. The summed E-state index contributed by atoms with van der Waals surface area (Å²) in [6, 6.07) is 9.34. The second-order valence-corrected chi connectivity index (χ2v) is 5.85. The van der Waals surface area contributed by atoms with Gasteiger partial charge in [-0.1, -0.05) is 33.6 Å². The molecule has 0 aliphatic carbocycles. The Morgan fingerprint density at radius 3 is 2.63 bits per heavy atom. The number of nitrogens with one attached hydrogen (secondary N) is 1. The fourth-order valence-corrected chi connectivity index (χ4v) is 2.48. The van der Waals surface area contributed by atoms with Crippen LogP contribution in [0.2, 0.25) is 5.02 Å². The fourth-order valence-electron chi connectivity index (χ4n) is 1.47. The van der Waals surface area contributed by atoms with Crippen LogP contribution in [-0.2, 0) is 0 Å². The van der Waals surface area contributed by atoms with Crippen molar-refractivity contribution >= 4 is 55.1 Å². The Kier molecular flexibility index (Phi) is 4.60. The van der Waals surface area contributed by atoms with Gasteiger partial charge in [-0.15, -0.1) is 0 Å². The molecule has 1 N–H and O–H groups in total. The summed E-state index contributed by atoms with van der Waals surface area (Å²) in [6.07, 6.45) is 0. The van der Waals surface area contributed by atoms with Crippen LogP contribution in [0.15, 0.2) is 45.3 Å². The zero-order chi connectivity index (χ0) is 14.0. The van der Waals surface area contributed by atoms with Gasteiger partial charge in [0, 0.05) is 8.95 Å². The summed E-state index contributed by atoms with van der Waals surface area (Å²) in [7, 11) is 0. The normalized spacial score (nSPS) is 10.3. The van der Waals surface area contributed by atoms with E-state index in [0.717, 1.165) is 4.47 Å². The van der Waals surface area contributed by atoms with Crippen molar-refractivity contribution in [3.8, 4) is 0 Å². The smallest absolute Gasteiger partial charge is 0.257 e. The second-order valence-electron chi connectivity index (χ2n) is 3.67. The zero-order valence-electron chi connectivity index (χ0n) is 9.38. The molecule has 19 heavy (non-hydrogen) atoms. The van der Waals surface area contributed by atoms with Crippen molar-refractivity contribution in [1.82, 2.24) is 0 Å². The summed E-state index contributed by atoms with van der Waals surface area (Å²) in [4.78, 5) is 12.1. The molecule has 1 amide bonds. The van der Waals surface area contributed by atoms with E-state index in [1.165, 1.54) is 6.07 Å². The van der Waals surface area contributed by atoms with Gasteiger partial charge in [0.05, 0.1) is 16.3 Å². The van der Waals surface area contributed by atoms with Crippen LogP contribution < -0.4 is 5.32 Å². The molecule has 2 aromatic rings. The molecule has 0 fully saturated rings. The molecule has 6 heteroatoms. The van der Waals surface area contributed by atoms with Gasteiger partial charge in [-0.3, -0.25) is 4.79 Å². The third-order valence-corrected chi connectivity index (χ3v) is 3.86. The largest absolute Gasteiger partial charge is 0.318 e. The first kappa shape index (κ1) is 14.5. The molecule has 0 saturated carbocycles. The Bertz CT molecular complexity index is 628. The van der Waals surface area contributed by atoms with Crippen LogP contribution in [0.25, 0.3) is 0 Å². The average molecular weight is 407 g/mol. The van der Waals surface area contributed by atoms with Gasteiger partial charge in [-0.2, -0.15) is 0 Å². The van der Waals surface area contributed by atoms with Gasteiger partial charge in [0.15, 0.2) is 0 Å². The van der Waals surface area contributed by atoms with Crippen LogP contribution in [0.1, 0.15) is 10.4 Å². The van der Waals surface area contributed by atoms with Crippen LogP contribution in [0.4, 0.5) is 10.1 Å². The predicted octanol–water partition coefficient (Wildman–Crippen LogP) is 5.26. The number of amides is 1. The minimum absolute atomic E-state index is 0.0866. The monoisotopic (exact) mass is 405 g/mol.